The van der Waals surface area contributed by atoms with Crippen molar-refractivity contribution in [3.05, 3.63) is 36.0 Å². The van der Waals surface area contributed by atoms with Gasteiger partial charge in [0.25, 0.3) is 0 Å². The number of rotatable bonds is 6. The van der Waals surface area contributed by atoms with Gasteiger partial charge in [-0.15, -0.1) is 0 Å². The Balaban J connectivity index is 1.33. The maximum absolute atomic E-state index is 13.1. The summed E-state index contributed by atoms with van der Waals surface area (Å²) in [5, 5.41) is 7.00. The van der Waals surface area contributed by atoms with Crippen molar-refractivity contribution in [1.82, 2.24) is 20.5 Å². The summed E-state index contributed by atoms with van der Waals surface area (Å²) >= 11 is 0. The molecule has 1 atom stereocenters. The summed E-state index contributed by atoms with van der Waals surface area (Å²) in [6.07, 6.45) is 9.42. The molecule has 1 aliphatic heterocycles. The quantitative estimate of drug-likeness (QED) is 0.647. The number of likely N-dealkylation sites (tertiary alicyclic amines) is 1. The second kappa shape index (κ2) is 10.2. The number of benzene rings is 1. The number of carbonyl (C=O) groups is 3. The molecule has 7 heteroatoms. The highest BCUT2D eigenvalue weighted by Gasteiger charge is 2.31. The summed E-state index contributed by atoms with van der Waals surface area (Å²) in [6, 6.07) is 7.34. The molecule has 4 rings (SSSR count). The minimum Gasteiger partial charge on any atom is -0.361 e. The molecule has 3 N–H and O–H groups in total. The van der Waals surface area contributed by atoms with Crippen molar-refractivity contribution >= 4 is 28.6 Å². The van der Waals surface area contributed by atoms with E-state index in [9.17, 15) is 14.4 Å². The maximum Gasteiger partial charge on any atom is 0.243 e. The Kier molecular flexibility index (Phi) is 7.12. The lowest BCUT2D eigenvalue weighted by atomic mass is 9.87. The largest absolute Gasteiger partial charge is 0.361 e. The second-order valence-corrected chi connectivity index (χ2v) is 9.26. The van der Waals surface area contributed by atoms with Crippen LogP contribution in [0.25, 0.3) is 10.9 Å². The van der Waals surface area contributed by atoms with E-state index in [1.165, 1.54) is 13.3 Å². The van der Waals surface area contributed by atoms with Crippen LogP contribution in [0, 0.1) is 5.92 Å². The fraction of sp³-hybridized carbons (Fsp3) is 0.560. The van der Waals surface area contributed by atoms with Gasteiger partial charge < -0.3 is 20.5 Å². The van der Waals surface area contributed by atoms with Gasteiger partial charge in [-0.1, -0.05) is 37.5 Å². The van der Waals surface area contributed by atoms with Crippen LogP contribution in [-0.4, -0.2) is 52.8 Å². The van der Waals surface area contributed by atoms with E-state index in [1.54, 1.807) is 0 Å². The fourth-order valence-corrected chi connectivity index (χ4v) is 5.13. The van der Waals surface area contributed by atoms with Gasteiger partial charge in [0.05, 0.1) is 0 Å². The molecule has 2 heterocycles. The Morgan fingerprint density at radius 2 is 1.78 bits per heavy atom. The summed E-state index contributed by atoms with van der Waals surface area (Å²) in [5.74, 6) is 0.0978. The minimum atomic E-state index is -0.631. The highest BCUT2D eigenvalue weighted by Crippen LogP contribution is 2.26. The molecule has 2 fully saturated rings. The van der Waals surface area contributed by atoms with E-state index in [-0.39, 0.29) is 23.8 Å². The summed E-state index contributed by atoms with van der Waals surface area (Å²) in [4.78, 5) is 42.8. The maximum atomic E-state index is 13.1. The van der Waals surface area contributed by atoms with Crippen molar-refractivity contribution in [1.29, 1.82) is 0 Å². The minimum absolute atomic E-state index is 0.0251. The van der Waals surface area contributed by atoms with Gasteiger partial charge in [-0.05, 0) is 37.3 Å². The lowest BCUT2D eigenvalue weighted by Crippen LogP contribution is -2.53. The molecule has 3 amide bonds. The van der Waals surface area contributed by atoms with E-state index in [0.717, 1.165) is 55.0 Å². The number of fused-ring (bicyclic) bond motifs is 1. The molecule has 1 aromatic carbocycles. The predicted octanol–water partition coefficient (Wildman–Crippen LogP) is 2.90. The van der Waals surface area contributed by atoms with Crippen LogP contribution in [0.4, 0.5) is 0 Å². The standard InChI is InChI=1S/C25H34N4O3/c1-17(30)27-23(15-19-16-26-22-10-6-5-9-21(19)22)24(31)28-20-11-13-29(14-12-20)25(32)18-7-3-2-4-8-18/h5-6,9-10,16,18,20,23,26H,2-4,7-8,11-15H2,1H3,(H,27,30)(H,28,31). The molecule has 7 nitrogen and oxygen atoms in total. The highest BCUT2D eigenvalue weighted by molar-refractivity contribution is 5.89. The smallest absolute Gasteiger partial charge is 0.243 e. The summed E-state index contributed by atoms with van der Waals surface area (Å²) < 4.78 is 0. The van der Waals surface area contributed by atoms with E-state index in [2.05, 4.69) is 15.6 Å². The number of carbonyl (C=O) groups excluding carboxylic acids is 3. The Hall–Kier alpha value is -2.83. The van der Waals surface area contributed by atoms with Crippen LogP contribution < -0.4 is 10.6 Å². The second-order valence-electron chi connectivity index (χ2n) is 9.26. The molecule has 1 saturated heterocycles. The fourth-order valence-electron chi connectivity index (χ4n) is 5.13. The van der Waals surface area contributed by atoms with Crippen LogP contribution in [0.2, 0.25) is 0 Å². The third-order valence-electron chi connectivity index (χ3n) is 6.90. The van der Waals surface area contributed by atoms with Gasteiger partial charge in [0.2, 0.25) is 17.7 Å². The number of nitrogens with one attached hydrogen (secondary N) is 3. The third-order valence-corrected chi connectivity index (χ3v) is 6.90. The summed E-state index contributed by atoms with van der Waals surface area (Å²) in [5.41, 5.74) is 2.02. The molecule has 0 bridgehead atoms. The average molecular weight is 439 g/mol. The molecule has 1 unspecified atom stereocenters. The molecule has 1 aromatic heterocycles. The Morgan fingerprint density at radius 3 is 2.50 bits per heavy atom. The van der Waals surface area contributed by atoms with Crippen molar-refractivity contribution < 1.29 is 14.4 Å². The number of amides is 3. The predicted molar refractivity (Wildman–Crippen MR) is 124 cm³/mol. The van der Waals surface area contributed by atoms with Crippen LogP contribution in [-0.2, 0) is 20.8 Å². The van der Waals surface area contributed by atoms with Gasteiger partial charge in [0, 0.05) is 55.5 Å². The van der Waals surface area contributed by atoms with Crippen LogP contribution in [0.3, 0.4) is 0 Å². The Bertz CT molecular complexity index is 955. The van der Waals surface area contributed by atoms with E-state index in [4.69, 9.17) is 0 Å². The number of piperidine rings is 1. The topological polar surface area (TPSA) is 94.3 Å². The summed E-state index contributed by atoms with van der Waals surface area (Å²) in [6.45, 7) is 2.81. The number of hydrogen-bond acceptors (Lipinski definition) is 3. The van der Waals surface area contributed by atoms with E-state index in [0.29, 0.717) is 25.4 Å². The number of H-pyrrole nitrogens is 1. The number of aromatic amines is 1. The van der Waals surface area contributed by atoms with Gasteiger partial charge >= 0.3 is 0 Å². The molecule has 0 spiro atoms. The molecule has 0 radical (unpaired) electrons. The van der Waals surface area contributed by atoms with Crippen LogP contribution in [0.15, 0.2) is 30.5 Å². The Labute approximate surface area is 189 Å². The van der Waals surface area contributed by atoms with E-state index >= 15 is 0 Å². The van der Waals surface area contributed by atoms with Crippen molar-refractivity contribution in [2.24, 2.45) is 5.92 Å². The lowest BCUT2D eigenvalue weighted by Gasteiger charge is -2.36. The Morgan fingerprint density at radius 1 is 1.06 bits per heavy atom. The van der Waals surface area contributed by atoms with Crippen LogP contribution in [0.5, 0.6) is 0 Å². The zero-order valence-electron chi connectivity index (χ0n) is 18.9. The normalized spacial score (nSPS) is 19.0. The molecule has 32 heavy (non-hydrogen) atoms. The molecule has 172 valence electrons. The van der Waals surface area contributed by atoms with Gasteiger partial charge in [-0.3, -0.25) is 14.4 Å². The monoisotopic (exact) mass is 438 g/mol. The van der Waals surface area contributed by atoms with Gasteiger partial charge in [-0.2, -0.15) is 0 Å². The molecule has 1 aliphatic carbocycles. The SMILES string of the molecule is CC(=O)NC(Cc1c[nH]c2ccccc12)C(=O)NC1CCN(C(=O)C2CCCCC2)CC1. The van der Waals surface area contributed by atoms with Gasteiger partial charge in [0.15, 0.2) is 0 Å². The zero-order valence-corrected chi connectivity index (χ0v) is 18.9. The summed E-state index contributed by atoms with van der Waals surface area (Å²) in [7, 11) is 0. The number of para-hydroxylation sites is 1. The zero-order chi connectivity index (χ0) is 22.5. The molecular weight excluding hydrogens is 404 g/mol. The number of nitrogens with zero attached hydrogens (tertiary/aromatic N) is 1. The lowest BCUT2D eigenvalue weighted by molar-refractivity contribution is -0.138. The van der Waals surface area contributed by atoms with Crippen molar-refractivity contribution in [2.75, 3.05) is 13.1 Å². The average Bonchev–Trinajstić information content (AvgIpc) is 3.22. The van der Waals surface area contributed by atoms with Gasteiger partial charge in [0.1, 0.15) is 6.04 Å². The highest BCUT2D eigenvalue weighted by atomic mass is 16.2. The number of aromatic nitrogens is 1. The molecule has 1 saturated carbocycles. The van der Waals surface area contributed by atoms with Crippen molar-refractivity contribution in [3.63, 3.8) is 0 Å². The third kappa shape index (κ3) is 5.31. The molecule has 2 aromatic rings. The van der Waals surface area contributed by atoms with Crippen molar-refractivity contribution in [2.45, 2.75) is 70.4 Å². The first kappa shape index (κ1) is 22.4. The van der Waals surface area contributed by atoms with E-state index in [1.807, 2.05) is 35.4 Å². The van der Waals surface area contributed by atoms with Crippen LogP contribution in [0.1, 0.15) is 57.4 Å². The number of hydrogen-bond donors (Lipinski definition) is 3. The van der Waals surface area contributed by atoms with Crippen LogP contribution >= 0.6 is 0 Å². The van der Waals surface area contributed by atoms with E-state index < -0.39 is 6.04 Å². The first-order valence-electron chi connectivity index (χ1n) is 11.9. The van der Waals surface area contributed by atoms with Gasteiger partial charge in [-0.25, -0.2) is 0 Å². The first-order chi connectivity index (χ1) is 15.5. The molecular formula is C25H34N4O3. The van der Waals surface area contributed by atoms with Crippen molar-refractivity contribution in [3.8, 4) is 0 Å². The first-order valence-corrected chi connectivity index (χ1v) is 11.9. The molecule has 2 aliphatic rings.